The minimum atomic E-state index is 0.695. The fourth-order valence-corrected chi connectivity index (χ4v) is 7.73. The van der Waals surface area contributed by atoms with E-state index in [2.05, 4.69) is 108 Å². The van der Waals surface area contributed by atoms with Gasteiger partial charge in [-0.15, -0.1) is 0 Å². The smallest absolute Gasteiger partial charge is 0.160 e. The molecule has 0 saturated heterocycles. The molecule has 0 unspecified atom stereocenters. The van der Waals surface area contributed by atoms with Crippen LogP contribution in [0.4, 0.5) is 0 Å². The van der Waals surface area contributed by atoms with Gasteiger partial charge in [0, 0.05) is 49.3 Å². The van der Waals surface area contributed by atoms with Crippen LogP contribution < -0.4 is 0 Å². The Morgan fingerprint density at radius 2 is 0.922 bits per heavy atom. The number of nitrogens with zero attached hydrogens (tertiary/aromatic N) is 3. The van der Waals surface area contributed by atoms with E-state index in [1.165, 1.54) is 0 Å². The Morgan fingerprint density at radius 3 is 1.59 bits per heavy atom. The quantitative estimate of drug-likeness (QED) is 0.190. The normalized spacial score (nSPS) is 11.9. The molecular formula is C46H27N3O2. The van der Waals surface area contributed by atoms with Gasteiger partial charge < -0.3 is 13.4 Å². The highest BCUT2D eigenvalue weighted by Crippen LogP contribution is 2.48. The first-order chi connectivity index (χ1) is 25.3. The van der Waals surface area contributed by atoms with Gasteiger partial charge in [0.2, 0.25) is 0 Å². The van der Waals surface area contributed by atoms with Crippen molar-refractivity contribution in [2.45, 2.75) is 0 Å². The summed E-state index contributed by atoms with van der Waals surface area (Å²) in [5, 5.41) is 6.47. The first-order valence-electron chi connectivity index (χ1n) is 17.1. The zero-order chi connectivity index (χ0) is 33.5. The van der Waals surface area contributed by atoms with Gasteiger partial charge in [-0.05, 0) is 36.4 Å². The molecule has 0 N–H and O–H groups in total. The minimum Gasteiger partial charge on any atom is -0.455 e. The van der Waals surface area contributed by atoms with E-state index >= 15 is 0 Å². The Hall–Kier alpha value is -6.98. The molecule has 5 nitrogen and oxygen atoms in total. The van der Waals surface area contributed by atoms with Gasteiger partial charge in [0.25, 0.3) is 0 Å². The van der Waals surface area contributed by atoms with Crippen molar-refractivity contribution in [3.63, 3.8) is 0 Å². The lowest BCUT2D eigenvalue weighted by Gasteiger charge is -2.11. The Balaban J connectivity index is 1.17. The molecule has 0 fully saturated rings. The lowest BCUT2D eigenvalue weighted by Crippen LogP contribution is -1.97. The average molecular weight is 654 g/mol. The summed E-state index contributed by atoms with van der Waals surface area (Å²) in [6, 6.07) is 56.3. The standard InChI is InChI=1S/C46H27N3O2/c1-3-13-28(14-4-1)35-27-36(48-46(47-35)30-15-5-2-6-16-30)29-23-25-31(26-24-29)49-37-20-10-7-17-32(37)42-43(49)45-41(34-19-9-12-22-39(34)51-45)40-33-18-8-11-21-38(33)50-44(40)42/h1-27H. The molecule has 0 amide bonds. The van der Waals surface area contributed by atoms with E-state index in [-0.39, 0.29) is 0 Å². The number of aromatic nitrogens is 3. The van der Waals surface area contributed by atoms with E-state index in [4.69, 9.17) is 18.8 Å². The Bertz CT molecular complexity index is 3060. The van der Waals surface area contributed by atoms with Crippen molar-refractivity contribution in [3.05, 3.63) is 164 Å². The number of hydrogen-bond acceptors (Lipinski definition) is 4. The third-order valence-electron chi connectivity index (χ3n) is 10.0. The molecule has 7 aromatic carbocycles. The van der Waals surface area contributed by atoms with Crippen LogP contribution in [0, 0.1) is 0 Å². The number of fused-ring (bicyclic) bond motifs is 12. The second-order valence-corrected chi connectivity index (χ2v) is 12.9. The Labute approximate surface area is 291 Å². The zero-order valence-corrected chi connectivity index (χ0v) is 27.2. The largest absolute Gasteiger partial charge is 0.455 e. The second-order valence-electron chi connectivity index (χ2n) is 12.9. The van der Waals surface area contributed by atoms with Gasteiger partial charge >= 0.3 is 0 Å². The van der Waals surface area contributed by atoms with Crippen molar-refractivity contribution in [2.24, 2.45) is 0 Å². The van der Waals surface area contributed by atoms with Crippen LogP contribution in [-0.2, 0) is 0 Å². The molecule has 238 valence electrons. The third kappa shape index (κ3) is 4.15. The molecule has 0 aliphatic carbocycles. The van der Waals surface area contributed by atoms with Crippen LogP contribution in [0.3, 0.4) is 0 Å². The molecule has 0 radical (unpaired) electrons. The van der Waals surface area contributed by atoms with Crippen molar-refractivity contribution in [3.8, 4) is 39.6 Å². The second kappa shape index (κ2) is 10.8. The molecule has 0 bridgehead atoms. The maximum absolute atomic E-state index is 6.81. The predicted molar refractivity (Wildman–Crippen MR) is 207 cm³/mol. The monoisotopic (exact) mass is 653 g/mol. The molecule has 0 aliphatic heterocycles. The molecule has 5 heteroatoms. The van der Waals surface area contributed by atoms with Crippen molar-refractivity contribution >= 4 is 65.7 Å². The number of rotatable bonds is 4. The Morgan fingerprint density at radius 1 is 0.412 bits per heavy atom. The van der Waals surface area contributed by atoms with E-state index in [0.717, 1.165) is 99.4 Å². The molecule has 11 aromatic rings. The topological polar surface area (TPSA) is 57.0 Å². The van der Waals surface area contributed by atoms with Gasteiger partial charge in [0.15, 0.2) is 11.4 Å². The van der Waals surface area contributed by atoms with Crippen LogP contribution in [0.25, 0.3) is 105 Å². The van der Waals surface area contributed by atoms with Crippen LogP contribution in [-0.4, -0.2) is 14.5 Å². The summed E-state index contributed by atoms with van der Waals surface area (Å²) in [5.74, 6) is 0.695. The minimum absolute atomic E-state index is 0.695. The summed E-state index contributed by atoms with van der Waals surface area (Å²) >= 11 is 0. The highest BCUT2D eigenvalue weighted by Gasteiger charge is 2.26. The predicted octanol–water partition coefficient (Wildman–Crippen LogP) is 12.4. The summed E-state index contributed by atoms with van der Waals surface area (Å²) in [6.45, 7) is 0. The van der Waals surface area contributed by atoms with E-state index in [9.17, 15) is 0 Å². The first kappa shape index (κ1) is 27.9. The van der Waals surface area contributed by atoms with Gasteiger partial charge in [-0.1, -0.05) is 127 Å². The van der Waals surface area contributed by atoms with E-state index in [1.54, 1.807) is 0 Å². The van der Waals surface area contributed by atoms with Crippen molar-refractivity contribution < 1.29 is 8.83 Å². The molecule has 0 spiro atoms. The van der Waals surface area contributed by atoms with Crippen molar-refractivity contribution in [1.82, 2.24) is 14.5 Å². The van der Waals surface area contributed by atoms with Crippen LogP contribution in [0.2, 0.25) is 0 Å². The summed E-state index contributed by atoms with van der Waals surface area (Å²) in [5.41, 5.74) is 11.3. The summed E-state index contributed by atoms with van der Waals surface area (Å²) in [4.78, 5) is 10.0. The molecule has 4 heterocycles. The van der Waals surface area contributed by atoms with E-state index in [1.807, 2.05) is 60.7 Å². The molecule has 0 atom stereocenters. The molecule has 4 aromatic heterocycles. The fraction of sp³-hybridized carbons (Fsp3) is 0. The summed E-state index contributed by atoms with van der Waals surface area (Å²) in [6.07, 6.45) is 0. The van der Waals surface area contributed by atoms with Crippen molar-refractivity contribution in [2.75, 3.05) is 0 Å². The van der Waals surface area contributed by atoms with Gasteiger partial charge in [-0.3, -0.25) is 0 Å². The van der Waals surface area contributed by atoms with Crippen LogP contribution in [0.15, 0.2) is 173 Å². The lowest BCUT2D eigenvalue weighted by molar-refractivity contribution is 0.667. The van der Waals surface area contributed by atoms with Crippen LogP contribution >= 0.6 is 0 Å². The molecule has 51 heavy (non-hydrogen) atoms. The van der Waals surface area contributed by atoms with E-state index < -0.39 is 0 Å². The highest BCUT2D eigenvalue weighted by atomic mass is 16.3. The van der Waals surface area contributed by atoms with E-state index in [0.29, 0.717) is 5.82 Å². The average Bonchev–Trinajstić information content (AvgIpc) is 3.88. The highest BCUT2D eigenvalue weighted by molar-refractivity contribution is 6.38. The number of benzene rings is 7. The maximum atomic E-state index is 6.81. The summed E-state index contributed by atoms with van der Waals surface area (Å²) in [7, 11) is 0. The van der Waals surface area contributed by atoms with Crippen LogP contribution in [0.1, 0.15) is 0 Å². The fourth-order valence-electron chi connectivity index (χ4n) is 7.73. The van der Waals surface area contributed by atoms with Crippen molar-refractivity contribution in [1.29, 1.82) is 0 Å². The zero-order valence-electron chi connectivity index (χ0n) is 27.2. The van der Waals surface area contributed by atoms with Gasteiger partial charge in [-0.2, -0.15) is 0 Å². The van der Waals surface area contributed by atoms with Crippen LogP contribution in [0.5, 0.6) is 0 Å². The molecule has 11 rings (SSSR count). The number of hydrogen-bond donors (Lipinski definition) is 0. The molecule has 0 saturated carbocycles. The number of para-hydroxylation sites is 3. The van der Waals surface area contributed by atoms with Gasteiger partial charge in [0.05, 0.1) is 22.3 Å². The van der Waals surface area contributed by atoms with Gasteiger partial charge in [0.1, 0.15) is 22.3 Å². The SMILES string of the molecule is c1ccc(-c2cc(-c3ccc(-n4c5ccccc5c5c6oc7ccccc7c6c6c7ccccc7oc6c54)cc3)nc(-c3ccccc3)n2)cc1. The lowest BCUT2D eigenvalue weighted by atomic mass is 10.0. The number of furan rings is 2. The first-order valence-corrected chi connectivity index (χ1v) is 17.1. The summed E-state index contributed by atoms with van der Waals surface area (Å²) < 4.78 is 15.9. The Kier molecular flexibility index (Phi) is 5.89. The maximum Gasteiger partial charge on any atom is 0.160 e. The van der Waals surface area contributed by atoms with Gasteiger partial charge in [-0.25, -0.2) is 9.97 Å². The third-order valence-corrected chi connectivity index (χ3v) is 10.0. The molecule has 0 aliphatic rings. The molecular weight excluding hydrogens is 627 g/mol.